The van der Waals surface area contributed by atoms with Crippen molar-refractivity contribution >= 4 is 34.9 Å². The van der Waals surface area contributed by atoms with E-state index in [1.807, 2.05) is 0 Å². The van der Waals surface area contributed by atoms with Crippen LogP contribution in [-0.2, 0) is 13.6 Å². The first-order valence-electron chi connectivity index (χ1n) is 7.97. The van der Waals surface area contributed by atoms with Gasteiger partial charge in [0.05, 0.1) is 6.21 Å². The summed E-state index contributed by atoms with van der Waals surface area (Å²) in [5.41, 5.74) is 2.56. The smallest absolute Gasteiger partial charge is 0.329 e. The maximum atomic E-state index is 12.3. The number of halogens is 1. The van der Waals surface area contributed by atoms with Gasteiger partial charge in [-0.15, -0.1) is 0 Å². The molecule has 0 unspecified atom stereocenters. The number of fused-ring (bicyclic) bond motifs is 1. The van der Waals surface area contributed by atoms with Gasteiger partial charge >= 0.3 is 5.69 Å². The second kappa shape index (κ2) is 7.50. The molecule has 140 valence electrons. The molecule has 0 spiro atoms. The predicted molar refractivity (Wildman–Crippen MR) is 105 cm³/mol. The van der Waals surface area contributed by atoms with E-state index in [9.17, 15) is 14.7 Å². The van der Waals surface area contributed by atoms with Crippen molar-refractivity contribution in [3.8, 4) is 5.75 Å². The average Bonchev–Trinajstić information content (AvgIpc) is 2.99. The molecule has 9 nitrogen and oxygen atoms in total. The van der Waals surface area contributed by atoms with E-state index >= 15 is 0 Å². The molecule has 0 atom stereocenters. The minimum absolute atomic E-state index is 0.0797. The van der Waals surface area contributed by atoms with Gasteiger partial charge in [0.15, 0.2) is 11.2 Å². The molecule has 3 rings (SSSR count). The molecule has 0 saturated carbocycles. The first-order valence-corrected chi connectivity index (χ1v) is 8.35. The number of rotatable bonds is 5. The Morgan fingerprint density at radius 3 is 2.85 bits per heavy atom. The van der Waals surface area contributed by atoms with Crippen molar-refractivity contribution in [1.29, 1.82) is 0 Å². The summed E-state index contributed by atoms with van der Waals surface area (Å²) in [6.45, 7) is 1.96. The van der Waals surface area contributed by atoms with Crippen LogP contribution in [0.2, 0.25) is 0 Å². The molecule has 0 amide bonds. The van der Waals surface area contributed by atoms with Gasteiger partial charge in [0.1, 0.15) is 5.75 Å². The van der Waals surface area contributed by atoms with Crippen LogP contribution in [-0.4, -0.2) is 30.4 Å². The molecular weight excluding hydrogens is 372 g/mol. The van der Waals surface area contributed by atoms with Crippen molar-refractivity contribution in [2.45, 2.75) is 13.5 Å². The van der Waals surface area contributed by atoms with Gasteiger partial charge in [-0.3, -0.25) is 18.9 Å². The summed E-state index contributed by atoms with van der Waals surface area (Å²) >= 11 is 5.90. The van der Waals surface area contributed by atoms with Crippen LogP contribution in [0.3, 0.4) is 0 Å². The van der Waals surface area contributed by atoms with Crippen molar-refractivity contribution in [2.75, 3.05) is 5.43 Å². The lowest BCUT2D eigenvalue weighted by atomic mass is 10.2. The van der Waals surface area contributed by atoms with E-state index in [0.717, 1.165) is 0 Å². The van der Waals surface area contributed by atoms with E-state index in [1.54, 1.807) is 41.8 Å². The Balaban J connectivity index is 2.07. The summed E-state index contributed by atoms with van der Waals surface area (Å²) in [6, 6.07) is 6.70. The highest BCUT2D eigenvalue weighted by Gasteiger charge is 2.16. The van der Waals surface area contributed by atoms with Crippen LogP contribution >= 0.6 is 11.6 Å². The van der Waals surface area contributed by atoms with Crippen LogP contribution < -0.4 is 16.7 Å². The van der Waals surface area contributed by atoms with Gasteiger partial charge in [-0.25, -0.2) is 10.2 Å². The van der Waals surface area contributed by atoms with E-state index in [2.05, 4.69) is 20.5 Å². The van der Waals surface area contributed by atoms with Crippen LogP contribution in [0.25, 0.3) is 11.2 Å². The van der Waals surface area contributed by atoms with Gasteiger partial charge in [-0.2, -0.15) is 10.1 Å². The topological polar surface area (TPSA) is 117 Å². The summed E-state index contributed by atoms with van der Waals surface area (Å²) in [4.78, 5) is 30.7. The van der Waals surface area contributed by atoms with Gasteiger partial charge in [0.2, 0.25) is 5.95 Å². The molecule has 0 aliphatic heterocycles. The Morgan fingerprint density at radius 2 is 2.15 bits per heavy atom. The van der Waals surface area contributed by atoms with Gasteiger partial charge in [0, 0.05) is 24.2 Å². The minimum atomic E-state index is -0.564. The van der Waals surface area contributed by atoms with Gasteiger partial charge in [-0.1, -0.05) is 29.8 Å². The lowest BCUT2D eigenvalue weighted by molar-refractivity contribution is 0.474. The molecule has 2 aromatic heterocycles. The molecule has 0 aliphatic rings. The fourth-order valence-corrected chi connectivity index (χ4v) is 2.54. The number of nitrogens with zero attached hydrogens (tertiary/aromatic N) is 4. The summed E-state index contributed by atoms with van der Waals surface area (Å²) in [5.74, 6) is 0.327. The van der Waals surface area contributed by atoms with E-state index in [0.29, 0.717) is 10.6 Å². The Morgan fingerprint density at radius 1 is 1.41 bits per heavy atom. The second-order valence-corrected chi connectivity index (χ2v) is 6.35. The maximum absolute atomic E-state index is 12.3. The average molecular weight is 389 g/mol. The highest BCUT2D eigenvalue weighted by atomic mass is 35.5. The van der Waals surface area contributed by atoms with Crippen molar-refractivity contribution in [2.24, 2.45) is 12.1 Å². The predicted octanol–water partition coefficient (Wildman–Crippen LogP) is 1.72. The normalized spacial score (nSPS) is 12.2. The lowest BCUT2D eigenvalue weighted by Gasteiger charge is -2.05. The number of benzene rings is 1. The van der Waals surface area contributed by atoms with E-state index < -0.39 is 11.2 Å². The zero-order valence-corrected chi connectivity index (χ0v) is 15.4. The number of hydrazone groups is 1. The number of imidazole rings is 1. The zero-order valence-electron chi connectivity index (χ0n) is 14.6. The van der Waals surface area contributed by atoms with Gasteiger partial charge in [-0.05, 0) is 19.1 Å². The molecular formula is C17H17ClN6O3. The SMILES string of the molecule is CC(Cl)=CCn1c(NN=Cc2ccccc2O)nc2c1c(=O)[nH]c(=O)n2C. The van der Waals surface area contributed by atoms with E-state index in [1.165, 1.54) is 17.8 Å². The molecule has 3 N–H and O–H groups in total. The van der Waals surface area contributed by atoms with Crippen LogP contribution in [0, 0.1) is 0 Å². The quantitative estimate of drug-likeness (QED) is 0.454. The number of aromatic nitrogens is 4. The van der Waals surface area contributed by atoms with E-state index in [4.69, 9.17) is 11.6 Å². The third-order valence-corrected chi connectivity index (χ3v) is 4.02. The fourth-order valence-electron chi connectivity index (χ4n) is 2.47. The number of aromatic amines is 1. The fraction of sp³-hybridized carbons (Fsp3) is 0.176. The number of H-pyrrole nitrogens is 1. The second-order valence-electron chi connectivity index (χ2n) is 5.76. The Labute approximate surface area is 158 Å². The maximum Gasteiger partial charge on any atom is 0.329 e. The van der Waals surface area contributed by atoms with Crippen molar-refractivity contribution < 1.29 is 5.11 Å². The molecule has 27 heavy (non-hydrogen) atoms. The highest BCUT2D eigenvalue weighted by molar-refractivity contribution is 6.29. The monoisotopic (exact) mass is 388 g/mol. The van der Waals surface area contributed by atoms with Crippen molar-refractivity contribution in [1.82, 2.24) is 19.1 Å². The summed E-state index contributed by atoms with van der Waals surface area (Å²) < 4.78 is 2.80. The zero-order chi connectivity index (χ0) is 19.6. The molecule has 10 heteroatoms. The third-order valence-electron chi connectivity index (χ3n) is 3.87. The molecule has 3 aromatic rings. The van der Waals surface area contributed by atoms with Crippen LogP contribution in [0.15, 0.2) is 50.1 Å². The molecule has 2 heterocycles. The number of phenols is 1. The number of aryl methyl sites for hydroxylation is 1. The number of phenolic OH excluding ortho intramolecular Hbond substituents is 1. The molecule has 0 saturated heterocycles. The number of allylic oxidation sites excluding steroid dienone is 2. The third kappa shape index (κ3) is 3.77. The molecule has 0 aliphatic carbocycles. The molecule has 0 radical (unpaired) electrons. The highest BCUT2D eigenvalue weighted by Crippen LogP contribution is 2.17. The Hall–Kier alpha value is -3.33. The molecule has 1 aromatic carbocycles. The molecule has 0 fully saturated rings. The summed E-state index contributed by atoms with van der Waals surface area (Å²) in [7, 11) is 1.51. The minimum Gasteiger partial charge on any atom is -0.507 e. The Kier molecular flexibility index (Phi) is 5.13. The largest absolute Gasteiger partial charge is 0.507 e. The number of para-hydroxylation sites is 1. The molecule has 0 bridgehead atoms. The van der Waals surface area contributed by atoms with Crippen LogP contribution in [0.4, 0.5) is 5.95 Å². The summed E-state index contributed by atoms with van der Waals surface area (Å²) in [6.07, 6.45) is 3.12. The Bertz CT molecular complexity index is 1170. The van der Waals surface area contributed by atoms with Crippen LogP contribution in [0.5, 0.6) is 5.75 Å². The van der Waals surface area contributed by atoms with Crippen molar-refractivity contribution in [3.05, 3.63) is 61.8 Å². The van der Waals surface area contributed by atoms with Gasteiger partial charge in [0.25, 0.3) is 5.56 Å². The van der Waals surface area contributed by atoms with Crippen LogP contribution in [0.1, 0.15) is 12.5 Å². The van der Waals surface area contributed by atoms with Gasteiger partial charge < -0.3 is 5.11 Å². The lowest BCUT2D eigenvalue weighted by Crippen LogP contribution is -2.29. The first kappa shape index (κ1) is 18.5. The first-order chi connectivity index (χ1) is 12.9. The standard InChI is InChI=1S/C17H17ClN6O3/c1-10(18)7-8-24-13-14(23(2)17(27)21-15(13)26)20-16(24)22-19-9-11-5-3-4-6-12(11)25/h3-7,9,25H,8H2,1-2H3,(H,20,22)(H,21,26,27). The van der Waals surface area contributed by atoms with Crippen molar-refractivity contribution in [3.63, 3.8) is 0 Å². The number of hydrogen-bond donors (Lipinski definition) is 3. The number of nitrogens with one attached hydrogen (secondary N) is 2. The number of aromatic hydroxyl groups is 1. The number of anilines is 1. The summed E-state index contributed by atoms with van der Waals surface area (Å²) in [5, 5.41) is 14.4. The van der Waals surface area contributed by atoms with E-state index in [-0.39, 0.29) is 29.4 Å². The number of hydrogen-bond acceptors (Lipinski definition) is 6.